The van der Waals surface area contributed by atoms with Crippen molar-refractivity contribution in [3.05, 3.63) is 68.5 Å². The van der Waals surface area contributed by atoms with Crippen molar-refractivity contribution >= 4 is 51.9 Å². The molecule has 2 aromatic carbocycles. The number of rotatable bonds is 9. The number of carbonyl (C=O) groups is 2. The first-order valence-electron chi connectivity index (χ1n) is 11.2. The Morgan fingerprint density at radius 3 is 2.41 bits per heavy atom. The van der Waals surface area contributed by atoms with E-state index in [4.69, 9.17) is 0 Å². The van der Waals surface area contributed by atoms with Gasteiger partial charge in [0.25, 0.3) is 5.91 Å². The summed E-state index contributed by atoms with van der Waals surface area (Å²) in [7, 11) is 0. The summed E-state index contributed by atoms with van der Waals surface area (Å²) in [5.74, 6) is 0.759. The molecule has 2 amide bonds. The van der Waals surface area contributed by atoms with E-state index in [0.717, 1.165) is 20.4 Å². The lowest BCUT2D eigenvalue weighted by molar-refractivity contribution is -0.113. The Hall–Kier alpha value is -2.40. The van der Waals surface area contributed by atoms with Crippen molar-refractivity contribution in [3.8, 4) is 0 Å². The minimum Gasteiger partial charge on any atom is -0.342 e. The van der Waals surface area contributed by atoms with Crippen LogP contribution in [0.25, 0.3) is 0 Å². The molecule has 0 saturated carbocycles. The third-order valence-corrected chi connectivity index (χ3v) is 7.04. The monoisotopic (exact) mass is 591 g/mol. The van der Waals surface area contributed by atoms with E-state index in [1.807, 2.05) is 81.7 Å². The molecule has 0 fully saturated rings. The fourth-order valence-electron chi connectivity index (χ4n) is 3.48. The quantitative estimate of drug-likeness (QED) is 0.258. The fraction of sp³-hybridized carbons (Fsp3) is 0.360. The van der Waals surface area contributed by atoms with Gasteiger partial charge in [-0.05, 0) is 85.2 Å². The van der Waals surface area contributed by atoms with Crippen molar-refractivity contribution in [1.29, 1.82) is 0 Å². The summed E-state index contributed by atoms with van der Waals surface area (Å²) in [5, 5.41) is 15.5. The van der Waals surface area contributed by atoms with E-state index in [1.165, 1.54) is 11.8 Å². The van der Waals surface area contributed by atoms with Crippen LogP contribution in [0.15, 0.2) is 47.6 Å². The van der Waals surface area contributed by atoms with Gasteiger partial charge in [0.1, 0.15) is 0 Å². The fourth-order valence-corrected chi connectivity index (χ4v) is 4.93. The van der Waals surface area contributed by atoms with E-state index in [-0.39, 0.29) is 29.5 Å². The van der Waals surface area contributed by atoms with Crippen molar-refractivity contribution in [2.24, 2.45) is 5.92 Å². The molecule has 1 heterocycles. The van der Waals surface area contributed by atoms with Crippen molar-refractivity contribution in [1.82, 2.24) is 20.1 Å². The van der Waals surface area contributed by atoms with Gasteiger partial charge in [-0.2, -0.15) is 0 Å². The lowest BCUT2D eigenvalue weighted by Gasteiger charge is -2.22. The molecule has 2 N–H and O–H groups in total. The van der Waals surface area contributed by atoms with Crippen LogP contribution in [0.5, 0.6) is 0 Å². The topological polar surface area (TPSA) is 88.9 Å². The van der Waals surface area contributed by atoms with Gasteiger partial charge in [0, 0.05) is 21.4 Å². The van der Waals surface area contributed by atoms with Gasteiger partial charge < -0.3 is 15.2 Å². The molecule has 34 heavy (non-hydrogen) atoms. The van der Waals surface area contributed by atoms with Crippen LogP contribution in [0, 0.1) is 23.3 Å². The summed E-state index contributed by atoms with van der Waals surface area (Å²) in [4.78, 5) is 25.4. The van der Waals surface area contributed by atoms with Gasteiger partial charge in [-0.25, -0.2) is 0 Å². The zero-order valence-corrected chi connectivity index (χ0v) is 23.0. The van der Waals surface area contributed by atoms with Crippen LogP contribution in [0.4, 0.5) is 5.69 Å². The number of benzene rings is 2. The molecular formula is C25H30IN5O2S. The Balaban J connectivity index is 1.71. The average molecular weight is 592 g/mol. The lowest BCUT2D eigenvalue weighted by atomic mass is 10.0. The van der Waals surface area contributed by atoms with E-state index >= 15 is 0 Å². The highest BCUT2D eigenvalue weighted by molar-refractivity contribution is 14.1. The van der Waals surface area contributed by atoms with Crippen molar-refractivity contribution in [3.63, 3.8) is 0 Å². The summed E-state index contributed by atoms with van der Waals surface area (Å²) in [6.45, 7) is 10.7. The molecule has 0 bridgehead atoms. The molecule has 0 aliphatic rings. The number of aromatic nitrogens is 3. The van der Waals surface area contributed by atoms with Gasteiger partial charge in [0.05, 0.1) is 11.8 Å². The van der Waals surface area contributed by atoms with Crippen LogP contribution in [-0.2, 0) is 11.3 Å². The molecule has 0 spiro atoms. The minimum absolute atomic E-state index is 0.102. The SMILES string of the molecule is CCn1c(SCC(=O)Nc2ccc(I)cc2C)nnc1[C@@H](NC(=O)c1ccc(C)cc1)C(C)C. The second-order valence-electron chi connectivity index (χ2n) is 8.44. The molecule has 0 radical (unpaired) electrons. The Labute approximate surface area is 218 Å². The van der Waals surface area contributed by atoms with Gasteiger partial charge in [-0.1, -0.05) is 43.3 Å². The maximum absolute atomic E-state index is 12.9. The number of hydrogen-bond donors (Lipinski definition) is 2. The van der Waals surface area contributed by atoms with Gasteiger partial charge in [-0.3, -0.25) is 9.59 Å². The number of amides is 2. The van der Waals surface area contributed by atoms with Crippen molar-refractivity contribution in [2.45, 2.75) is 52.4 Å². The number of halogens is 1. The zero-order valence-electron chi connectivity index (χ0n) is 20.1. The molecule has 3 rings (SSSR count). The average Bonchev–Trinajstić information content (AvgIpc) is 3.20. The Bertz CT molecular complexity index is 1160. The predicted molar refractivity (Wildman–Crippen MR) is 145 cm³/mol. The van der Waals surface area contributed by atoms with Gasteiger partial charge >= 0.3 is 0 Å². The molecule has 3 aromatic rings. The first-order chi connectivity index (χ1) is 16.2. The number of nitrogens with one attached hydrogen (secondary N) is 2. The third-order valence-electron chi connectivity index (χ3n) is 5.40. The Morgan fingerprint density at radius 2 is 1.79 bits per heavy atom. The highest BCUT2D eigenvalue weighted by Gasteiger charge is 2.26. The molecular weight excluding hydrogens is 561 g/mol. The van der Waals surface area contributed by atoms with Crippen LogP contribution in [0.1, 0.15) is 54.1 Å². The van der Waals surface area contributed by atoms with E-state index in [9.17, 15) is 9.59 Å². The van der Waals surface area contributed by atoms with Gasteiger partial charge in [0.2, 0.25) is 5.91 Å². The van der Waals surface area contributed by atoms with Crippen molar-refractivity contribution in [2.75, 3.05) is 11.1 Å². The third kappa shape index (κ3) is 6.59. The number of anilines is 1. The maximum Gasteiger partial charge on any atom is 0.251 e. The largest absolute Gasteiger partial charge is 0.342 e. The Kier molecular flexibility index (Phi) is 9.12. The number of thioether (sulfide) groups is 1. The summed E-state index contributed by atoms with van der Waals surface area (Å²) < 4.78 is 3.09. The van der Waals surface area contributed by atoms with Gasteiger partial charge in [0.15, 0.2) is 11.0 Å². The highest BCUT2D eigenvalue weighted by Crippen LogP contribution is 2.26. The van der Waals surface area contributed by atoms with Crippen LogP contribution in [0.2, 0.25) is 0 Å². The van der Waals surface area contributed by atoms with Crippen molar-refractivity contribution < 1.29 is 9.59 Å². The van der Waals surface area contributed by atoms with Crippen LogP contribution in [0.3, 0.4) is 0 Å². The number of nitrogens with zero attached hydrogens (tertiary/aromatic N) is 3. The maximum atomic E-state index is 12.9. The predicted octanol–water partition coefficient (Wildman–Crippen LogP) is 5.38. The molecule has 1 aromatic heterocycles. The first kappa shape index (κ1) is 26.2. The second kappa shape index (κ2) is 11.8. The van der Waals surface area contributed by atoms with Crippen LogP contribution < -0.4 is 10.6 Å². The molecule has 1 atom stereocenters. The normalized spacial score (nSPS) is 12.0. The van der Waals surface area contributed by atoms with E-state index in [0.29, 0.717) is 23.1 Å². The molecule has 0 aliphatic heterocycles. The smallest absolute Gasteiger partial charge is 0.251 e. The lowest BCUT2D eigenvalue weighted by Crippen LogP contribution is -2.33. The van der Waals surface area contributed by atoms with Gasteiger partial charge in [-0.15, -0.1) is 10.2 Å². The van der Waals surface area contributed by atoms with Crippen LogP contribution >= 0.6 is 34.4 Å². The highest BCUT2D eigenvalue weighted by atomic mass is 127. The number of hydrogen-bond acceptors (Lipinski definition) is 5. The molecule has 7 nitrogen and oxygen atoms in total. The van der Waals surface area contributed by atoms with Crippen LogP contribution in [-0.4, -0.2) is 32.3 Å². The van der Waals surface area contributed by atoms with E-state index in [2.05, 4.69) is 43.4 Å². The molecule has 9 heteroatoms. The van der Waals surface area contributed by atoms with E-state index in [1.54, 1.807) is 0 Å². The zero-order chi connectivity index (χ0) is 24.8. The summed E-state index contributed by atoms with van der Waals surface area (Å²) in [6.07, 6.45) is 0. The number of aryl methyl sites for hydroxylation is 2. The summed E-state index contributed by atoms with van der Waals surface area (Å²) in [6, 6.07) is 13.1. The first-order valence-corrected chi connectivity index (χ1v) is 13.3. The summed E-state index contributed by atoms with van der Waals surface area (Å²) >= 11 is 3.59. The molecule has 0 unspecified atom stereocenters. The van der Waals surface area contributed by atoms with E-state index < -0.39 is 0 Å². The molecule has 180 valence electrons. The summed E-state index contributed by atoms with van der Waals surface area (Å²) in [5.41, 5.74) is 3.54. The molecule has 0 aliphatic carbocycles. The molecule has 0 saturated heterocycles. The number of carbonyl (C=O) groups excluding carboxylic acids is 2. The Morgan fingerprint density at radius 1 is 1.09 bits per heavy atom. The standard InChI is InChI=1S/C25H30IN5O2S/c1-6-31-23(22(15(2)3)28-24(33)18-9-7-16(4)8-10-18)29-30-25(31)34-14-21(32)27-20-12-11-19(26)13-17(20)5/h7-13,15,22H,6,14H2,1-5H3,(H,27,32)(H,28,33)/t22-/m0/s1. The minimum atomic E-state index is -0.307. The second-order valence-corrected chi connectivity index (χ2v) is 10.6.